The number of aromatic nitrogens is 3. The van der Waals surface area contributed by atoms with E-state index >= 15 is 0 Å². The zero-order valence-corrected chi connectivity index (χ0v) is 18.0. The third kappa shape index (κ3) is 4.29. The Hall–Kier alpha value is -2.15. The van der Waals surface area contributed by atoms with Crippen LogP contribution in [-0.2, 0) is 0 Å². The number of hydrogen-bond donors (Lipinski definition) is 0. The lowest BCUT2D eigenvalue weighted by atomic mass is 9.95. The van der Waals surface area contributed by atoms with Crippen LogP contribution in [0.3, 0.4) is 0 Å². The van der Waals surface area contributed by atoms with Crippen LogP contribution in [0.2, 0.25) is 0 Å². The first-order valence-corrected chi connectivity index (χ1v) is 10.6. The highest BCUT2D eigenvalue weighted by molar-refractivity contribution is 7.99. The molecule has 0 saturated heterocycles. The molecule has 7 heteroatoms. The minimum absolute atomic E-state index is 0.408. The molecule has 6 nitrogen and oxygen atoms in total. The van der Waals surface area contributed by atoms with E-state index in [1.54, 1.807) is 33.1 Å². The molecule has 1 aromatic heterocycles. The molecule has 1 aliphatic rings. The van der Waals surface area contributed by atoms with Gasteiger partial charge in [-0.05, 0) is 31.9 Å². The standard InChI is InChI=1S/C21H29N3O3S/c1-14(2)13-28-21-23-22-20(24(21)16-9-7-6-8-10-16)15-11-17(25-3)19(27-5)18(12-15)26-4/h11-12,16H,1,6-10,13H2,2-5H3. The molecular weight excluding hydrogens is 374 g/mol. The van der Waals surface area contributed by atoms with Crippen LogP contribution in [-0.4, -0.2) is 41.8 Å². The Morgan fingerprint density at radius 3 is 2.25 bits per heavy atom. The maximum atomic E-state index is 5.53. The molecular formula is C21H29N3O3S. The lowest BCUT2D eigenvalue weighted by Crippen LogP contribution is -2.15. The van der Waals surface area contributed by atoms with Crippen LogP contribution in [0.25, 0.3) is 11.4 Å². The lowest BCUT2D eigenvalue weighted by molar-refractivity contribution is 0.324. The van der Waals surface area contributed by atoms with E-state index in [9.17, 15) is 0 Å². The number of benzene rings is 1. The van der Waals surface area contributed by atoms with Gasteiger partial charge in [-0.3, -0.25) is 4.57 Å². The zero-order valence-electron chi connectivity index (χ0n) is 17.2. The number of nitrogens with zero attached hydrogens (tertiary/aromatic N) is 3. The van der Waals surface area contributed by atoms with Crippen molar-refractivity contribution in [2.24, 2.45) is 0 Å². The van der Waals surface area contributed by atoms with Crippen LogP contribution in [0.15, 0.2) is 29.4 Å². The van der Waals surface area contributed by atoms with E-state index in [2.05, 4.69) is 21.3 Å². The molecule has 1 saturated carbocycles. The Balaban J connectivity index is 2.09. The summed E-state index contributed by atoms with van der Waals surface area (Å²) >= 11 is 1.69. The van der Waals surface area contributed by atoms with Gasteiger partial charge in [0.1, 0.15) is 0 Å². The first-order chi connectivity index (χ1) is 13.6. The van der Waals surface area contributed by atoms with E-state index in [0.717, 1.165) is 40.7 Å². The van der Waals surface area contributed by atoms with Gasteiger partial charge in [0, 0.05) is 17.4 Å². The predicted molar refractivity (Wildman–Crippen MR) is 113 cm³/mol. The van der Waals surface area contributed by atoms with Gasteiger partial charge < -0.3 is 14.2 Å². The summed E-state index contributed by atoms with van der Waals surface area (Å²) < 4.78 is 18.8. The van der Waals surface area contributed by atoms with E-state index in [4.69, 9.17) is 14.2 Å². The van der Waals surface area contributed by atoms with Gasteiger partial charge in [0.15, 0.2) is 22.5 Å². The van der Waals surface area contributed by atoms with Gasteiger partial charge in [-0.15, -0.1) is 10.2 Å². The van der Waals surface area contributed by atoms with Crippen molar-refractivity contribution in [3.8, 4) is 28.6 Å². The predicted octanol–water partition coefficient (Wildman–Crippen LogP) is 5.14. The molecule has 0 radical (unpaired) electrons. The lowest BCUT2D eigenvalue weighted by Gasteiger charge is -2.26. The summed E-state index contributed by atoms with van der Waals surface area (Å²) in [4.78, 5) is 0. The van der Waals surface area contributed by atoms with Crippen molar-refractivity contribution in [1.29, 1.82) is 0 Å². The Bertz CT molecular complexity index is 803. The minimum atomic E-state index is 0.408. The van der Waals surface area contributed by atoms with Gasteiger partial charge in [0.25, 0.3) is 0 Å². The maximum Gasteiger partial charge on any atom is 0.203 e. The number of hydrogen-bond acceptors (Lipinski definition) is 6. The number of thioether (sulfide) groups is 1. The third-order valence-electron chi connectivity index (χ3n) is 4.97. The van der Waals surface area contributed by atoms with Gasteiger partial charge >= 0.3 is 0 Å². The first kappa shape index (κ1) is 20.6. The summed E-state index contributed by atoms with van der Waals surface area (Å²) in [6, 6.07) is 4.29. The van der Waals surface area contributed by atoms with Crippen molar-refractivity contribution in [1.82, 2.24) is 14.8 Å². The van der Waals surface area contributed by atoms with E-state index in [0.29, 0.717) is 23.3 Å². The molecule has 0 spiro atoms. The fourth-order valence-electron chi connectivity index (χ4n) is 3.64. The van der Waals surface area contributed by atoms with Gasteiger partial charge in [-0.2, -0.15) is 0 Å². The molecule has 152 valence electrons. The van der Waals surface area contributed by atoms with Crippen LogP contribution >= 0.6 is 11.8 Å². The summed E-state index contributed by atoms with van der Waals surface area (Å²) in [6.07, 6.45) is 6.07. The minimum Gasteiger partial charge on any atom is -0.493 e. The zero-order chi connectivity index (χ0) is 20.1. The monoisotopic (exact) mass is 403 g/mol. The van der Waals surface area contributed by atoms with E-state index in [-0.39, 0.29) is 0 Å². The third-order valence-corrected chi connectivity index (χ3v) is 6.15. The van der Waals surface area contributed by atoms with Crippen molar-refractivity contribution in [2.45, 2.75) is 50.2 Å². The molecule has 0 bridgehead atoms. The average molecular weight is 404 g/mol. The second-order valence-electron chi connectivity index (χ2n) is 7.13. The van der Waals surface area contributed by atoms with Crippen molar-refractivity contribution in [2.75, 3.05) is 27.1 Å². The first-order valence-electron chi connectivity index (χ1n) is 9.61. The molecule has 1 aliphatic carbocycles. The van der Waals surface area contributed by atoms with Crippen molar-refractivity contribution in [3.63, 3.8) is 0 Å². The highest BCUT2D eigenvalue weighted by Gasteiger charge is 2.25. The number of rotatable bonds is 8. The Labute approximate surface area is 171 Å². The van der Waals surface area contributed by atoms with Crippen LogP contribution in [0.5, 0.6) is 17.2 Å². The van der Waals surface area contributed by atoms with Crippen LogP contribution < -0.4 is 14.2 Å². The van der Waals surface area contributed by atoms with Crippen LogP contribution in [0.4, 0.5) is 0 Å². The molecule has 0 unspecified atom stereocenters. The molecule has 0 atom stereocenters. The average Bonchev–Trinajstić information content (AvgIpc) is 3.15. The molecule has 0 N–H and O–H groups in total. The quantitative estimate of drug-likeness (QED) is 0.449. The second kappa shape index (κ2) is 9.37. The fraction of sp³-hybridized carbons (Fsp3) is 0.524. The summed E-state index contributed by atoms with van der Waals surface area (Å²) in [5.41, 5.74) is 2.03. The Morgan fingerprint density at radius 1 is 1.07 bits per heavy atom. The van der Waals surface area contributed by atoms with Gasteiger partial charge in [0.2, 0.25) is 5.75 Å². The SMILES string of the molecule is C=C(C)CSc1nnc(-c2cc(OC)c(OC)c(OC)c2)n1C1CCCCC1. The Morgan fingerprint density at radius 2 is 1.71 bits per heavy atom. The van der Waals surface area contributed by atoms with E-state index < -0.39 is 0 Å². The summed E-state index contributed by atoms with van der Waals surface area (Å²) in [5, 5.41) is 10.0. The highest BCUT2D eigenvalue weighted by Crippen LogP contribution is 2.43. The largest absolute Gasteiger partial charge is 0.493 e. The van der Waals surface area contributed by atoms with E-state index in [1.807, 2.05) is 19.1 Å². The van der Waals surface area contributed by atoms with Crippen LogP contribution in [0.1, 0.15) is 45.1 Å². The second-order valence-corrected chi connectivity index (χ2v) is 8.07. The van der Waals surface area contributed by atoms with Crippen molar-refractivity contribution >= 4 is 11.8 Å². The molecule has 0 aliphatic heterocycles. The summed E-state index contributed by atoms with van der Waals surface area (Å²) in [5.74, 6) is 3.49. The molecule has 28 heavy (non-hydrogen) atoms. The summed E-state index contributed by atoms with van der Waals surface area (Å²) in [6.45, 7) is 6.05. The summed E-state index contributed by atoms with van der Waals surface area (Å²) in [7, 11) is 4.86. The molecule has 1 fully saturated rings. The smallest absolute Gasteiger partial charge is 0.203 e. The highest BCUT2D eigenvalue weighted by atomic mass is 32.2. The molecule has 1 heterocycles. The molecule has 1 aromatic carbocycles. The maximum absolute atomic E-state index is 5.53. The van der Waals surface area contributed by atoms with Gasteiger partial charge in [0.05, 0.1) is 21.3 Å². The van der Waals surface area contributed by atoms with Gasteiger partial charge in [-0.25, -0.2) is 0 Å². The number of ether oxygens (including phenoxy) is 3. The molecule has 0 amide bonds. The Kier molecular flexibility index (Phi) is 6.88. The van der Waals surface area contributed by atoms with Crippen molar-refractivity contribution < 1.29 is 14.2 Å². The topological polar surface area (TPSA) is 58.4 Å². The van der Waals surface area contributed by atoms with Crippen LogP contribution in [0, 0.1) is 0 Å². The molecule has 3 rings (SSSR count). The van der Waals surface area contributed by atoms with E-state index in [1.165, 1.54) is 19.3 Å². The fourth-order valence-corrected chi connectivity index (χ4v) is 4.49. The van der Waals surface area contributed by atoms with Gasteiger partial charge in [-0.1, -0.05) is 43.2 Å². The van der Waals surface area contributed by atoms with Crippen molar-refractivity contribution in [3.05, 3.63) is 24.3 Å². The molecule has 2 aromatic rings. The normalized spacial score (nSPS) is 14.7. The number of methoxy groups -OCH3 is 3.